The molecule has 0 radical (unpaired) electrons. The van der Waals surface area contributed by atoms with Crippen LogP contribution in [0.15, 0.2) is 30.4 Å². The van der Waals surface area contributed by atoms with Crippen molar-refractivity contribution in [1.82, 2.24) is 0 Å². The average Bonchev–Trinajstić information content (AvgIpc) is 2.12. The molecule has 13 heavy (non-hydrogen) atoms. The summed E-state index contributed by atoms with van der Waals surface area (Å²) in [5.41, 5.74) is 4.23. The Morgan fingerprint density at radius 1 is 1.15 bits per heavy atom. The lowest BCUT2D eigenvalue weighted by atomic mass is 10.0. The summed E-state index contributed by atoms with van der Waals surface area (Å²) >= 11 is 0. The van der Waals surface area contributed by atoms with Gasteiger partial charge in [-0.25, -0.2) is 0 Å². The number of hydrogen-bond acceptors (Lipinski definition) is 0. The topological polar surface area (TPSA) is 0 Å². The molecule has 1 aromatic carbocycles. The fraction of sp³-hybridized carbons (Fsp3) is 0.385. The number of rotatable bonds is 3. The molecule has 0 unspecified atom stereocenters. The molecule has 0 atom stereocenters. The summed E-state index contributed by atoms with van der Waals surface area (Å²) in [5, 5.41) is 0. The zero-order valence-electron chi connectivity index (χ0n) is 8.80. The highest BCUT2D eigenvalue weighted by Crippen LogP contribution is 2.11. The van der Waals surface area contributed by atoms with E-state index in [9.17, 15) is 0 Å². The molecular formula is C13H18. The van der Waals surface area contributed by atoms with Crippen LogP contribution in [0.25, 0.3) is 0 Å². The minimum Gasteiger partial charge on any atom is -0.0917 e. The molecule has 0 N–H and O–H groups in total. The van der Waals surface area contributed by atoms with Crippen LogP contribution >= 0.6 is 0 Å². The summed E-state index contributed by atoms with van der Waals surface area (Å²) in [6, 6.07) is 6.73. The standard InChI is InChI=1S/C13H18/c1-4-5-6-7-13-9-8-11(2)12(3)10-13/h4-5,8-10H,6-7H2,1-3H3/b5-4-. The number of aryl methyl sites for hydroxylation is 3. The molecule has 1 aromatic rings. The first-order chi connectivity index (χ1) is 6.24. The second-order valence-electron chi connectivity index (χ2n) is 3.53. The van der Waals surface area contributed by atoms with Crippen LogP contribution in [-0.2, 0) is 6.42 Å². The SMILES string of the molecule is C/C=C\CCc1ccc(C)c(C)c1. The maximum absolute atomic E-state index is 2.29. The maximum Gasteiger partial charge on any atom is -0.0244 e. The minimum absolute atomic E-state index is 1.15. The van der Waals surface area contributed by atoms with Crippen LogP contribution in [-0.4, -0.2) is 0 Å². The molecule has 70 valence electrons. The van der Waals surface area contributed by atoms with Gasteiger partial charge < -0.3 is 0 Å². The van der Waals surface area contributed by atoms with E-state index in [0.29, 0.717) is 0 Å². The summed E-state index contributed by atoms with van der Waals surface area (Å²) in [4.78, 5) is 0. The van der Waals surface area contributed by atoms with E-state index in [0.717, 1.165) is 12.8 Å². The quantitative estimate of drug-likeness (QED) is 0.611. The number of benzene rings is 1. The number of allylic oxidation sites excluding steroid dienone is 2. The van der Waals surface area contributed by atoms with Gasteiger partial charge in [-0.15, -0.1) is 0 Å². The van der Waals surface area contributed by atoms with Crippen molar-refractivity contribution in [3.05, 3.63) is 47.0 Å². The van der Waals surface area contributed by atoms with E-state index in [2.05, 4.69) is 51.1 Å². The predicted octanol–water partition coefficient (Wildman–Crippen LogP) is 3.81. The van der Waals surface area contributed by atoms with Crippen LogP contribution in [0.2, 0.25) is 0 Å². The largest absolute Gasteiger partial charge is 0.0917 e. The molecule has 0 aromatic heterocycles. The Hall–Kier alpha value is -1.04. The summed E-state index contributed by atoms with van der Waals surface area (Å²) in [6.45, 7) is 6.40. The molecule has 0 aliphatic heterocycles. The average molecular weight is 174 g/mol. The molecule has 0 nitrogen and oxygen atoms in total. The summed E-state index contributed by atoms with van der Waals surface area (Å²) in [6.07, 6.45) is 6.64. The normalized spacial score (nSPS) is 11.0. The van der Waals surface area contributed by atoms with Crippen molar-refractivity contribution in [1.29, 1.82) is 0 Å². The Morgan fingerprint density at radius 2 is 1.92 bits per heavy atom. The van der Waals surface area contributed by atoms with Gasteiger partial charge in [0.05, 0.1) is 0 Å². The Balaban J connectivity index is 2.63. The van der Waals surface area contributed by atoms with Crippen molar-refractivity contribution in [2.75, 3.05) is 0 Å². The van der Waals surface area contributed by atoms with Crippen LogP contribution < -0.4 is 0 Å². The fourth-order valence-electron chi connectivity index (χ4n) is 1.38. The molecular weight excluding hydrogens is 156 g/mol. The lowest BCUT2D eigenvalue weighted by Gasteiger charge is -2.03. The van der Waals surface area contributed by atoms with Gasteiger partial charge in [0.1, 0.15) is 0 Å². The molecule has 1 rings (SSSR count). The summed E-state index contributed by atoms with van der Waals surface area (Å²) < 4.78 is 0. The van der Waals surface area contributed by atoms with Gasteiger partial charge >= 0.3 is 0 Å². The van der Waals surface area contributed by atoms with E-state index in [4.69, 9.17) is 0 Å². The van der Waals surface area contributed by atoms with Crippen molar-refractivity contribution in [3.8, 4) is 0 Å². The van der Waals surface area contributed by atoms with Gasteiger partial charge in [-0.1, -0.05) is 30.4 Å². The van der Waals surface area contributed by atoms with Crippen LogP contribution in [0.3, 0.4) is 0 Å². The molecule has 0 bridgehead atoms. The molecule has 0 heterocycles. The molecule has 0 amide bonds. The Morgan fingerprint density at radius 3 is 2.54 bits per heavy atom. The molecule has 0 saturated carbocycles. The van der Waals surface area contributed by atoms with Gasteiger partial charge in [0, 0.05) is 0 Å². The van der Waals surface area contributed by atoms with Crippen LogP contribution in [0.1, 0.15) is 30.0 Å². The molecule has 0 saturated heterocycles. The molecule has 0 heteroatoms. The Kier molecular flexibility index (Phi) is 3.75. The van der Waals surface area contributed by atoms with Gasteiger partial charge in [-0.2, -0.15) is 0 Å². The van der Waals surface area contributed by atoms with Gasteiger partial charge in [-0.3, -0.25) is 0 Å². The molecule has 0 spiro atoms. The van der Waals surface area contributed by atoms with E-state index in [-0.39, 0.29) is 0 Å². The highest BCUT2D eigenvalue weighted by atomic mass is 14.0. The molecule has 0 fully saturated rings. The predicted molar refractivity (Wildman–Crippen MR) is 59.1 cm³/mol. The maximum atomic E-state index is 2.29. The summed E-state index contributed by atoms with van der Waals surface area (Å²) in [5.74, 6) is 0. The monoisotopic (exact) mass is 174 g/mol. The number of hydrogen-bond donors (Lipinski definition) is 0. The third-order valence-electron chi connectivity index (χ3n) is 2.41. The van der Waals surface area contributed by atoms with Gasteiger partial charge in [0.25, 0.3) is 0 Å². The highest BCUT2D eigenvalue weighted by Gasteiger charge is 1.94. The van der Waals surface area contributed by atoms with Crippen LogP contribution in [0.5, 0.6) is 0 Å². The smallest absolute Gasteiger partial charge is 0.0244 e. The van der Waals surface area contributed by atoms with Gasteiger partial charge in [0.15, 0.2) is 0 Å². The first kappa shape index (κ1) is 10.0. The van der Waals surface area contributed by atoms with E-state index < -0.39 is 0 Å². The summed E-state index contributed by atoms with van der Waals surface area (Å²) in [7, 11) is 0. The van der Waals surface area contributed by atoms with E-state index in [1.165, 1.54) is 16.7 Å². The second-order valence-corrected chi connectivity index (χ2v) is 3.53. The molecule has 0 aliphatic rings. The van der Waals surface area contributed by atoms with Crippen molar-refractivity contribution in [3.63, 3.8) is 0 Å². The Labute approximate surface area is 81.3 Å². The van der Waals surface area contributed by atoms with Crippen LogP contribution in [0.4, 0.5) is 0 Å². The third-order valence-corrected chi connectivity index (χ3v) is 2.41. The van der Waals surface area contributed by atoms with E-state index >= 15 is 0 Å². The van der Waals surface area contributed by atoms with Crippen molar-refractivity contribution in [2.45, 2.75) is 33.6 Å². The highest BCUT2D eigenvalue weighted by molar-refractivity contribution is 5.30. The minimum atomic E-state index is 1.15. The van der Waals surface area contributed by atoms with Crippen molar-refractivity contribution >= 4 is 0 Å². The van der Waals surface area contributed by atoms with E-state index in [1.807, 2.05) is 0 Å². The third kappa shape index (κ3) is 3.06. The van der Waals surface area contributed by atoms with E-state index in [1.54, 1.807) is 0 Å². The van der Waals surface area contributed by atoms with Gasteiger partial charge in [0.2, 0.25) is 0 Å². The van der Waals surface area contributed by atoms with Crippen molar-refractivity contribution in [2.24, 2.45) is 0 Å². The first-order valence-corrected chi connectivity index (χ1v) is 4.91. The Bertz CT molecular complexity index is 295. The fourth-order valence-corrected chi connectivity index (χ4v) is 1.38. The van der Waals surface area contributed by atoms with Crippen molar-refractivity contribution < 1.29 is 0 Å². The first-order valence-electron chi connectivity index (χ1n) is 4.91. The second kappa shape index (κ2) is 4.86. The van der Waals surface area contributed by atoms with Crippen LogP contribution in [0, 0.1) is 13.8 Å². The van der Waals surface area contributed by atoms with Gasteiger partial charge in [-0.05, 0) is 50.3 Å². The lowest BCUT2D eigenvalue weighted by Crippen LogP contribution is -1.87. The zero-order chi connectivity index (χ0) is 9.68. The lowest BCUT2D eigenvalue weighted by molar-refractivity contribution is 0.994. The molecule has 0 aliphatic carbocycles. The zero-order valence-corrected chi connectivity index (χ0v) is 8.80.